The van der Waals surface area contributed by atoms with Crippen LogP contribution in [0, 0.1) is 5.92 Å². The molecule has 1 atom stereocenters. The summed E-state index contributed by atoms with van der Waals surface area (Å²) in [7, 11) is 0. The summed E-state index contributed by atoms with van der Waals surface area (Å²) >= 11 is 3.23. The molecule has 1 saturated heterocycles. The van der Waals surface area contributed by atoms with E-state index in [1.54, 1.807) is 6.92 Å². The summed E-state index contributed by atoms with van der Waals surface area (Å²) in [5, 5.41) is 8.92. The number of carbonyl (C=O) groups is 3. The molecule has 1 N–H and O–H groups in total. The van der Waals surface area contributed by atoms with E-state index in [1.807, 2.05) is 0 Å². The fourth-order valence-electron chi connectivity index (χ4n) is 1.85. The van der Waals surface area contributed by atoms with Crippen molar-refractivity contribution in [3.8, 4) is 0 Å². The molecule has 1 aliphatic rings. The van der Waals surface area contributed by atoms with E-state index in [0.29, 0.717) is 4.47 Å². The summed E-state index contributed by atoms with van der Waals surface area (Å²) in [6.07, 6.45) is 0.155. The minimum atomic E-state index is -1.10. The van der Waals surface area contributed by atoms with Crippen molar-refractivity contribution >= 4 is 39.4 Å². The summed E-state index contributed by atoms with van der Waals surface area (Å²) < 4.78 is 0.517. The maximum atomic E-state index is 11.9. The number of rotatable bonds is 2. The zero-order valence-corrected chi connectivity index (χ0v) is 11.1. The number of hydrogen-bond donors (Lipinski definition) is 1. The first-order valence-electron chi connectivity index (χ1n) is 5.31. The van der Waals surface area contributed by atoms with Gasteiger partial charge in [0.05, 0.1) is 11.3 Å². The summed E-state index contributed by atoms with van der Waals surface area (Å²) in [6.45, 7) is 1.68. The average molecular weight is 312 g/mol. The Morgan fingerprint density at radius 2 is 2.11 bits per heavy atom. The fraction of sp³-hybridized carbons (Fsp3) is 0.250. The molecule has 18 heavy (non-hydrogen) atoms. The second-order valence-corrected chi connectivity index (χ2v) is 5.00. The van der Waals surface area contributed by atoms with Crippen LogP contribution in [0.2, 0.25) is 0 Å². The molecule has 6 heteroatoms. The van der Waals surface area contributed by atoms with Crippen LogP contribution in [-0.2, 0) is 9.59 Å². The Hall–Kier alpha value is -1.69. The van der Waals surface area contributed by atoms with Gasteiger partial charge in [-0.15, -0.1) is 0 Å². The highest BCUT2D eigenvalue weighted by atomic mass is 79.9. The van der Waals surface area contributed by atoms with Crippen LogP contribution in [0.3, 0.4) is 0 Å². The molecule has 1 aromatic carbocycles. The Bertz CT molecular complexity index is 555. The molecular weight excluding hydrogens is 302 g/mol. The predicted molar refractivity (Wildman–Crippen MR) is 67.4 cm³/mol. The van der Waals surface area contributed by atoms with Gasteiger partial charge in [-0.1, -0.05) is 6.92 Å². The maximum Gasteiger partial charge on any atom is 0.335 e. The zero-order valence-electron chi connectivity index (χ0n) is 9.51. The Labute approximate surface area is 112 Å². The third-order valence-electron chi connectivity index (χ3n) is 2.81. The van der Waals surface area contributed by atoms with Gasteiger partial charge >= 0.3 is 5.97 Å². The van der Waals surface area contributed by atoms with Crippen molar-refractivity contribution in [2.45, 2.75) is 13.3 Å². The highest BCUT2D eigenvalue weighted by Gasteiger charge is 2.37. The number of aromatic carboxylic acids is 1. The first kappa shape index (κ1) is 12.8. The number of carboxylic acid groups (broad SMARTS) is 1. The van der Waals surface area contributed by atoms with Crippen LogP contribution in [0.4, 0.5) is 5.69 Å². The molecule has 2 amide bonds. The van der Waals surface area contributed by atoms with E-state index in [4.69, 9.17) is 5.11 Å². The van der Waals surface area contributed by atoms with Crippen molar-refractivity contribution < 1.29 is 19.5 Å². The largest absolute Gasteiger partial charge is 0.478 e. The van der Waals surface area contributed by atoms with Gasteiger partial charge in [0.15, 0.2) is 0 Å². The molecule has 5 nitrogen and oxygen atoms in total. The van der Waals surface area contributed by atoms with Crippen LogP contribution >= 0.6 is 15.9 Å². The minimum absolute atomic E-state index is 0.0355. The quantitative estimate of drug-likeness (QED) is 0.848. The monoisotopic (exact) mass is 311 g/mol. The topological polar surface area (TPSA) is 74.7 Å². The van der Waals surface area contributed by atoms with Crippen LogP contribution in [0.15, 0.2) is 22.7 Å². The number of anilines is 1. The van der Waals surface area contributed by atoms with Gasteiger partial charge in [0, 0.05) is 16.8 Å². The van der Waals surface area contributed by atoms with Crippen molar-refractivity contribution in [2.24, 2.45) is 5.92 Å². The summed E-state index contributed by atoms with van der Waals surface area (Å²) in [6, 6.07) is 4.24. The van der Waals surface area contributed by atoms with E-state index in [1.165, 1.54) is 18.2 Å². The molecule has 1 unspecified atom stereocenters. The van der Waals surface area contributed by atoms with Crippen molar-refractivity contribution in [3.05, 3.63) is 28.2 Å². The molecule has 94 valence electrons. The molecule has 0 spiro atoms. The Balaban J connectivity index is 2.50. The number of amides is 2. The van der Waals surface area contributed by atoms with Crippen molar-refractivity contribution in [2.75, 3.05) is 4.90 Å². The Morgan fingerprint density at radius 1 is 1.44 bits per heavy atom. The molecule has 1 aromatic rings. The van der Waals surface area contributed by atoms with E-state index in [-0.39, 0.29) is 35.4 Å². The van der Waals surface area contributed by atoms with Gasteiger partial charge in [-0.2, -0.15) is 0 Å². The number of carboxylic acids is 1. The van der Waals surface area contributed by atoms with Crippen molar-refractivity contribution in [1.29, 1.82) is 0 Å². The zero-order chi connectivity index (χ0) is 13.4. The third-order valence-corrected chi connectivity index (χ3v) is 3.48. The number of imide groups is 1. The summed E-state index contributed by atoms with van der Waals surface area (Å²) in [4.78, 5) is 35.6. The first-order valence-corrected chi connectivity index (χ1v) is 6.10. The standard InChI is InChI=1S/C12H10BrNO4/c1-6-4-10(15)14(11(6)16)9-5-7(12(17)18)2-3-8(9)13/h2-3,5-6H,4H2,1H3,(H,17,18). The Kier molecular flexibility index (Phi) is 3.21. The van der Waals surface area contributed by atoms with E-state index < -0.39 is 5.97 Å². The summed E-state index contributed by atoms with van der Waals surface area (Å²) in [5.41, 5.74) is 0.322. The van der Waals surface area contributed by atoms with Gasteiger partial charge in [0.25, 0.3) is 0 Å². The van der Waals surface area contributed by atoms with Gasteiger partial charge in [-0.25, -0.2) is 9.69 Å². The SMILES string of the molecule is CC1CC(=O)N(c2cc(C(=O)O)ccc2Br)C1=O. The lowest BCUT2D eigenvalue weighted by Crippen LogP contribution is -2.30. The minimum Gasteiger partial charge on any atom is -0.478 e. The molecule has 0 aliphatic carbocycles. The lowest BCUT2D eigenvalue weighted by atomic mass is 10.1. The molecule has 0 radical (unpaired) electrons. The van der Waals surface area contributed by atoms with Gasteiger partial charge < -0.3 is 5.11 Å². The van der Waals surface area contributed by atoms with E-state index in [2.05, 4.69) is 15.9 Å². The fourth-order valence-corrected chi connectivity index (χ4v) is 2.28. The summed E-state index contributed by atoms with van der Waals surface area (Å²) in [5.74, 6) is -2.08. The molecule has 1 fully saturated rings. The predicted octanol–water partition coefficient (Wildman–Crippen LogP) is 2.05. The number of hydrogen-bond acceptors (Lipinski definition) is 3. The van der Waals surface area contributed by atoms with Gasteiger partial charge in [0.2, 0.25) is 11.8 Å². The van der Waals surface area contributed by atoms with Crippen LogP contribution in [0.1, 0.15) is 23.7 Å². The van der Waals surface area contributed by atoms with E-state index in [0.717, 1.165) is 4.90 Å². The lowest BCUT2D eigenvalue weighted by Gasteiger charge is -2.16. The molecule has 1 heterocycles. The van der Waals surface area contributed by atoms with Gasteiger partial charge in [-0.3, -0.25) is 9.59 Å². The normalized spacial score (nSPS) is 19.4. The molecule has 1 aliphatic heterocycles. The van der Waals surface area contributed by atoms with Crippen LogP contribution < -0.4 is 4.90 Å². The molecular formula is C12H10BrNO4. The molecule has 0 saturated carbocycles. The second-order valence-electron chi connectivity index (χ2n) is 4.14. The van der Waals surface area contributed by atoms with Gasteiger partial charge in [0.1, 0.15) is 0 Å². The average Bonchev–Trinajstić information content (AvgIpc) is 2.54. The highest BCUT2D eigenvalue weighted by Crippen LogP contribution is 2.33. The van der Waals surface area contributed by atoms with Gasteiger partial charge in [-0.05, 0) is 34.1 Å². The number of carbonyl (C=O) groups excluding carboxylic acids is 2. The van der Waals surface area contributed by atoms with Crippen molar-refractivity contribution in [1.82, 2.24) is 0 Å². The van der Waals surface area contributed by atoms with E-state index in [9.17, 15) is 14.4 Å². The molecule has 0 bridgehead atoms. The Morgan fingerprint density at radius 3 is 2.61 bits per heavy atom. The second kappa shape index (κ2) is 4.53. The van der Waals surface area contributed by atoms with Crippen LogP contribution in [0.25, 0.3) is 0 Å². The maximum absolute atomic E-state index is 11.9. The third kappa shape index (κ3) is 2.03. The van der Waals surface area contributed by atoms with Crippen LogP contribution in [0.5, 0.6) is 0 Å². The number of nitrogens with zero attached hydrogens (tertiary/aromatic N) is 1. The molecule has 0 aromatic heterocycles. The highest BCUT2D eigenvalue weighted by molar-refractivity contribution is 9.10. The van der Waals surface area contributed by atoms with Crippen LogP contribution in [-0.4, -0.2) is 22.9 Å². The smallest absolute Gasteiger partial charge is 0.335 e. The first-order chi connectivity index (χ1) is 8.41. The van der Waals surface area contributed by atoms with E-state index >= 15 is 0 Å². The lowest BCUT2D eigenvalue weighted by molar-refractivity contribution is -0.122. The number of benzene rings is 1. The van der Waals surface area contributed by atoms with Crippen molar-refractivity contribution in [3.63, 3.8) is 0 Å². The molecule has 2 rings (SSSR count). The number of halogens is 1.